The average molecular weight is 390 g/mol. The topological polar surface area (TPSA) is 140 Å². The SMILES string of the molecule is CO[C@H]1C(OC(C)(C)C)[C@@H](/C=C/P(=O)(O)O)O[C@H]1n1ccc(=O)[nH]c1=O. The molecule has 3 N–H and O–H groups in total. The van der Waals surface area contributed by atoms with Gasteiger partial charge >= 0.3 is 13.3 Å². The van der Waals surface area contributed by atoms with Gasteiger partial charge in [-0.05, 0) is 26.8 Å². The Bertz CT molecular complexity index is 818. The summed E-state index contributed by atoms with van der Waals surface area (Å²) in [6.07, 6.45) is -0.879. The Morgan fingerprint density at radius 1 is 1.31 bits per heavy atom. The quantitative estimate of drug-likeness (QED) is 0.611. The Labute approximate surface area is 149 Å². The third kappa shape index (κ3) is 5.23. The fraction of sp³-hybridized carbons (Fsp3) is 0.600. The summed E-state index contributed by atoms with van der Waals surface area (Å²) >= 11 is 0. The average Bonchev–Trinajstić information content (AvgIpc) is 2.80. The van der Waals surface area contributed by atoms with Crippen molar-refractivity contribution in [3.63, 3.8) is 0 Å². The molecule has 1 aromatic heterocycles. The summed E-state index contributed by atoms with van der Waals surface area (Å²) in [4.78, 5) is 43.7. The van der Waals surface area contributed by atoms with E-state index >= 15 is 0 Å². The molecule has 1 aliphatic rings. The molecule has 1 fully saturated rings. The van der Waals surface area contributed by atoms with Crippen LogP contribution in [0.4, 0.5) is 0 Å². The van der Waals surface area contributed by atoms with Crippen molar-refractivity contribution in [2.75, 3.05) is 7.11 Å². The number of hydrogen-bond acceptors (Lipinski definition) is 6. The zero-order chi connectivity index (χ0) is 19.7. The first-order valence-corrected chi connectivity index (χ1v) is 9.51. The van der Waals surface area contributed by atoms with E-state index in [9.17, 15) is 14.2 Å². The van der Waals surface area contributed by atoms with E-state index in [1.807, 2.05) is 20.8 Å². The number of aromatic amines is 1. The number of ether oxygens (including phenoxy) is 3. The number of hydrogen-bond donors (Lipinski definition) is 3. The monoisotopic (exact) mass is 390 g/mol. The van der Waals surface area contributed by atoms with Crippen LogP contribution in [0.3, 0.4) is 0 Å². The first kappa shape index (κ1) is 20.8. The lowest BCUT2D eigenvalue weighted by Gasteiger charge is -2.30. The highest BCUT2D eigenvalue weighted by atomic mass is 31.2. The lowest BCUT2D eigenvalue weighted by Crippen LogP contribution is -2.42. The smallest absolute Gasteiger partial charge is 0.348 e. The van der Waals surface area contributed by atoms with E-state index in [0.29, 0.717) is 0 Å². The minimum Gasteiger partial charge on any atom is -0.374 e. The molecule has 11 heteroatoms. The molecule has 0 bridgehead atoms. The van der Waals surface area contributed by atoms with Crippen molar-refractivity contribution in [3.05, 3.63) is 45.0 Å². The van der Waals surface area contributed by atoms with Gasteiger partial charge in [0.15, 0.2) is 6.23 Å². The van der Waals surface area contributed by atoms with Gasteiger partial charge in [0.05, 0.1) is 5.60 Å². The van der Waals surface area contributed by atoms with Crippen LogP contribution in [0.2, 0.25) is 0 Å². The van der Waals surface area contributed by atoms with Gasteiger partial charge in [0, 0.05) is 25.2 Å². The van der Waals surface area contributed by atoms with Gasteiger partial charge in [-0.2, -0.15) is 0 Å². The summed E-state index contributed by atoms with van der Waals surface area (Å²) in [7, 11) is -3.00. The molecule has 146 valence electrons. The third-order valence-corrected chi connectivity index (χ3v) is 4.14. The van der Waals surface area contributed by atoms with Crippen LogP contribution in [-0.4, -0.2) is 50.4 Å². The number of methoxy groups -OCH3 is 1. The van der Waals surface area contributed by atoms with Crippen molar-refractivity contribution in [3.8, 4) is 0 Å². The van der Waals surface area contributed by atoms with Crippen molar-refractivity contribution in [2.45, 2.75) is 50.9 Å². The molecule has 0 saturated carbocycles. The molecule has 0 aromatic carbocycles. The summed E-state index contributed by atoms with van der Waals surface area (Å²) < 4.78 is 29.5. The summed E-state index contributed by atoms with van der Waals surface area (Å²) in [5.74, 6) is 0.724. The number of H-pyrrole nitrogens is 1. The van der Waals surface area contributed by atoms with Crippen LogP contribution in [0, 0.1) is 0 Å². The molecule has 0 aliphatic carbocycles. The van der Waals surface area contributed by atoms with Crippen LogP contribution in [0.15, 0.2) is 33.7 Å². The minimum absolute atomic E-state index is 0.557. The second-order valence-electron chi connectivity index (χ2n) is 6.83. The van der Waals surface area contributed by atoms with E-state index in [1.165, 1.54) is 19.4 Å². The molecule has 1 saturated heterocycles. The maximum absolute atomic E-state index is 12.1. The standard InChI is InChI=1S/C15H23N2O8P/c1-15(2,3)25-11-9(6-8-26(20,21)22)24-13(12(11)23-4)17-7-5-10(18)16-14(17)19/h5-9,11-13H,1-4H3,(H,16,18,19)(H2,20,21,22)/b8-6+/t9-,11?,12+,13-/m1/s1. The van der Waals surface area contributed by atoms with E-state index < -0.39 is 49.0 Å². The van der Waals surface area contributed by atoms with Gasteiger partial charge in [0.25, 0.3) is 5.56 Å². The highest BCUT2D eigenvalue weighted by molar-refractivity contribution is 7.55. The highest BCUT2D eigenvalue weighted by Gasteiger charge is 2.47. The predicted molar refractivity (Wildman–Crippen MR) is 91.8 cm³/mol. The van der Waals surface area contributed by atoms with Crippen LogP contribution in [-0.2, 0) is 18.8 Å². The molecule has 2 rings (SSSR count). The van der Waals surface area contributed by atoms with Crippen molar-refractivity contribution in [1.82, 2.24) is 9.55 Å². The maximum Gasteiger partial charge on any atom is 0.348 e. The molecule has 1 unspecified atom stereocenters. The maximum atomic E-state index is 12.1. The fourth-order valence-corrected chi connectivity index (χ4v) is 3.06. The van der Waals surface area contributed by atoms with Gasteiger partial charge in [-0.3, -0.25) is 18.9 Å². The van der Waals surface area contributed by atoms with Gasteiger partial charge in [0.2, 0.25) is 0 Å². The summed E-state index contributed by atoms with van der Waals surface area (Å²) in [6, 6.07) is 1.16. The van der Waals surface area contributed by atoms with Gasteiger partial charge in [0.1, 0.15) is 18.3 Å². The van der Waals surface area contributed by atoms with Gasteiger partial charge < -0.3 is 24.0 Å². The zero-order valence-corrected chi connectivity index (χ0v) is 15.8. The molecule has 2 heterocycles. The Morgan fingerprint density at radius 3 is 2.46 bits per heavy atom. The molecule has 0 radical (unpaired) electrons. The molecule has 10 nitrogen and oxygen atoms in total. The molecule has 0 spiro atoms. The Morgan fingerprint density at radius 2 is 1.96 bits per heavy atom. The molecule has 1 aliphatic heterocycles. The van der Waals surface area contributed by atoms with E-state index in [0.717, 1.165) is 16.5 Å². The van der Waals surface area contributed by atoms with E-state index in [2.05, 4.69) is 4.98 Å². The van der Waals surface area contributed by atoms with E-state index in [-0.39, 0.29) is 0 Å². The zero-order valence-electron chi connectivity index (χ0n) is 14.9. The van der Waals surface area contributed by atoms with Crippen molar-refractivity contribution in [1.29, 1.82) is 0 Å². The summed E-state index contributed by atoms with van der Waals surface area (Å²) in [6.45, 7) is 5.43. The number of aromatic nitrogens is 2. The normalized spacial score (nSPS) is 27.3. The van der Waals surface area contributed by atoms with E-state index in [1.54, 1.807) is 0 Å². The number of nitrogens with zero attached hydrogens (tertiary/aromatic N) is 1. The molecule has 4 atom stereocenters. The molecular weight excluding hydrogens is 367 g/mol. The highest BCUT2D eigenvalue weighted by Crippen LogP contribution is 2.40. The molecular formula is C15H23N2O8P. The van der Waals surface area contributed by atoms with E-state index in [4.69, 9.17) is 24.0 Å². The lowest BCUT2D eigenvalue weighted by atomic mass is 10.1. The largest absolute Gasteiger partial charge is 0.374 e. The van der Waals surface area contributed by atoms with Crippen LogP contribution >= 0.6 is 7.60 Å². The number of nitrogens with one attached hydrogen (secondary N) is 1. The fourth-order valence-electron chi connectivity index (χ4n) is 2.66. The van der Waals surface area contributed by atoms with Crippen LogP contribution < -0.4 is 11.2 Å². The predicted octanol–water partition coefficient (Wildman–Crippen LogP) is 0.324. The lowest BCUT2D eigenvalue weighted by molar-refractivity contribution is -0.115. The summed E-state index contributed by atoms with van der Waals surface area (Å²) in [5, 5.41) is 0. The van der Waals surface area contributed by atoms with Crippen molar-refractivity contribution < 1.29 is 28.6 Å². The number of rotatable bonds is 5. The van der Waals surface area contributed by atoms with Crippen molar-refractivity contribution in [2.24, 2.45) is 0 Å². The van der Waals surface area contributed by atoms with Crippen LogP contribution in [0.1, 0.15) is 27.0 Å². The second-order valence-corrected chi connectivity index (χ2v) is 8.31. The first-order chi connectivity index (χ1) is 11.9. The van der Waals surface area contributed by atoms with Crippen molar-refractivity contribution >= 4 is 7.60 Å². The minimum atomic E-state index is -4.40. The van der Waals surface area contributed by atoms with Gasteiger partial charge in [-0.1, -0.05) is 0 Å². The van der Waals surface area contributed by atoms with Gasteiger partial charge in [-0.25, -0.2) is 4.79 Å². The van der Waals surface area contributed by atoms with Crippen LogP contribution in [0.25, 0.3) is 0 Å². The Balaban J connectivity index is 2.44. The Hall–Kier alpha value is -1.55. The first-order valence-electron chi connectivity index (χ1n) is 7.83. The van der Waals surface area contributed by atoms with Crippen LogP contribution in [0.5, 0.6) is 0 Å². The summed E-state index contributed by atoms with van der Waals surface area (Å²) in [5.41, 5.74) is -1.86. The molecule has 26 heavy (non-hydrogen) atoms. The second kappa shape index (κ2) is 7.59. The molecule has 0 amide bonds. The Kier molecular flexibility index (Phi) is 6.06. The molecule has 1 aromatic rings. The van der Waals surface area contributed by atoms with Gasteiger partial charge in [-0.15, -0.1) is 0 Å². The third-order valence-electron chi connectivity index (χ3n) is 3.58.